The molecule has 2 atom stereocenters. The van der Waals surface area contributed by atoms with Crippen molar-refractivity contribution in [3.63, 3.8) is 0 Å². The Morgan fingerprint density at radius 2 is 2.05 bits per heavy atom. The fraction of sp³-hybridized carbons (Fsp3) is 0.412. The normalized spacial score (nSPS) is 19.6. The van der Waals surface area contributed by atoms with Crippen molar-refractivity contribution in [2.45, 2.75) is 37.8 Å². The number of methoxy groups -OCH3 is 1. The lowest BCUT2D eigenvalue weighted by molar-refractivity contribution is 0.128. The van der Waals surface area contributed by atoms with Gasteiger partial charge in [0.2, 0.25) is 0 Å². The number of nitrogens with zero attached hydrogens (tertiary/aromatic N) is 2. The van der Waals surface area contributed by atoms with E-state index in [1.165, 1.54) is 0 Å². The van der Waals surface area contributed by atoms with Gasteiger partial charge in [0.15, 0.2) is 5.82 Å². The van der Waals surface area contributed by atoms with E-state index in [0.717, 1.165) is 48.3 Å². The van der Waals surface area contributed by atoms with Crippen molar-refractivity contribution < 1.29 is 4.74 Å². The lowest BCUT2D eigenvalue weighted by Crippen LogP contribution is -2.15. The number of ether oxygens (including phenoxy) is 1. The second-order valence-electron chi connectivity index (χ2n) is 5.51. The van der Waals surface area contributed by atoms with Crippen LogP contribution in [0.25, 0.3) is 0 Å². The monoisotopic (exact) mass is 283 g/mol. The Morgan fingerprint density at radius 3 is 2.81 bits per heavy atom. The Labute approximate surface area is 125 Å². The zero-order valence-corrected chi connectivity index (χ0v) is 12.3. The summed E-state index contributed by atoms with van der Waals surface area (Å²) >= 11 is 0. The van der Waals surface area contributed by atoms with Crippen LogP contribution < -0.4 is 5.73 Å². The molecule has 2 unspecified atom stereocenters. The van der Waals surface area contributed by atoms with Gasteiger partial charge in [-0.15, -0.1) is 0 Å². The van der Waals surface area contributed by atoms with Gasteiger partial charge in [-0.05, 0) is 24.8 Å². The van der Waals surface area contributed by atoms with Gasteiger partial charge in [0.25, 0.3) is 0 Å². The summed E-state index contributed by atoms with van der Waals surface area (Å²) in [4.78, 5) is 9.27. The lowest BCUT2D eigenvalue weighted by atomic mass is 10.0. The molecule has 4 nitrogen and oxygen atoms in total. The number of fused-ring (bicyclic) bond motifs is 1. The Balaban J connectivity index is 1.97. The molecule has 1 aromatic carbocycles. The SMILES string of the molecule is COC(c1ccccc1)c1ncc2c(n1)CCCCC2N. The molecule has 0 saturated carbocycles. The van der Waals surface area contributed by atoms with Crippen LogP contribution in [-0.2, 0) is 11.2 Å². The second-order valence-corrected chi connectivity index (χ2v) is 5.51. The molecule has 1 aliphatic rings. The molecule has 0 saturated heterocycles. The summed E-state index contributed by atoms with van der Waals surface area (Å²) in [5, 5.41) is 0. The first kappa shape index (κ1) is 14.2. The number of benzene rings is 1. The molecule has 3 rings (SSSR count). The molecule has 2 aromatic rings. The predicted octanol–water partition coefficient (Wildman–Crippen LogP) is 2.94. The summed E-state index contributed by atoms with van der Waals surface area (Å²) in [6, 6.07) is 10.1. The van der Waals surface area contributed by atoms with E-state index in [9.17, 15) is 0 Å². The maximum atomic E-state index is 6.20. The zero-order valence-electron chi connectivity index (χ0n) is 12.3. The first-order chi connectivity index (χ1) is 10.3. The number of rotatable bonds is 3. The third-order valence-electron chi connectivity index (χ3n) is 4.07. The standard InChI is InChI=1S/C17H21N3O/c1-21-16(12-7-3-2-4-8-12)17-19-11-13-14(18)9-5-6-10-15(13)20-17/h2-4,7-8,11,14,16H,5-6,9-10,18H2,1H3. The minimum absolute atomic E-state index is 0.0641. The van der Waals surface area contributed by atoms with Gasteiger partial charge in [0, 0.05) is 30.6 Å². The quantitative estimate of drug-likeness (QED) is 0.880. The molecular weight excluding hydrogens is 262 g/mol. The van der Waals surface area contributed by atoms with Gasteiger partial charge in [-0.3, -0.25) is 0 Å². The van der Waals surface area contributed by atoms with E-state index in [0.29, 0.717) is 0 Å². The molecule has 2 N–H and O–H groups in total. The van der Waals surface area contributed by atoms with Crippen molar-refractivity contribution in [2.75, 3.05) is 7.11 Å². The number of nitrogens with two attached hydrogens (primary N) is 1. The van der Waals surface area contributed by atoms with Gasteiger partial charge in [-0.2, -0.15) is 0 Å². The van der Waals surface area contributed by atoms with Crippen LogP contribution in [0.15, 0.2) is 36.5 Å². The van der Waals surface area contributed by atoms with Crippen LogP contribution in [0.3, 0.4) is 0 Å². The number of aromatic nitrogens is 2. The summed E-state index contributed by atoms with van der Waals surface area (Å²) in [5.41, 5.74) is 9.45. The van der Waals surface area contributed by atoms with Crippen LogP contribution in [0.4, 0.5) is 0 Å². The summed E-state index contributed by atoms with van der Waals surface area (Å²) in [6.07, 6.45) is 5.95. The van der Waals surface area contributed by atoms with E-state index in [2.05, 4.69) is 4.98 Å². The third kappa shape index (κ3) is 2.96. The molecule has 110 valence electrons. The maximum absolute atomic E-state index is 6.20. The molecule has 0 radical (unpaired) electrons. The number of hydrogen-bond acceptors (Lipinski definition) is 4. The van der Waals surface area contributed by atoms with Crippen LogP contribution in [0.1, 0.15) is 54.1 Å². The molecule has 0 fully saturated rings. The molecule has 0 amide bonds. The minimum atomic E-state index is -0.226. The maximum Gasteiger partial charge on any atom is 0.162 e. The first-order valence-electron chi connectivity index (χ1n) is 7.48. The molecular formula is C17H21N3O. The van der Waals surface area contributed by atoms with Crippen molar-refractivity contribution >= 4 is 0 Å². The van der Waals surface area contributed by atoms with E-state index in [1.807, 2.05) is 36.5 Å². The van der Waals surface area contributed by atoms with Crippen LogP contribution in [0.2, 0.25) is 0 Å². The summed E-state index contributed by atoms with van der Waals surface area (Å²) < 4.78 is 5.62. The predicted molar refractivity (Wildman–Crippen MR) is 81.8 cm³/mol. The Bertz CT molecular complexity index is 600. The average Bonchev–Trinajstić information content (AvgIpc) is 2.71. The van der Waals surface area contributed by atoms with E-state index < -0.39 is 0 Å². The van der Waals surface area contributed by atoms with Crippen molar-refractivity contribution in [3.8, 4) is 0 Å². The Hall–Kier alpha value is -1.78. The lowest BCUT2D eigenvalue weighted by Gasteiger charge is -2.17. The zero-order chi connectivity index (χ0) is 14.7. The Morgan fingerprint density at radius 1 is 1.24 bits per heavy atom. The molecule has 1 heterocycles. The molecule has 4 heteroatoms. The minimum Gasteiger partial charge on any atom is -0.369 e. The highest BCUT2D eigenvalue weighted by atomic mass is 16.5. The van der Waals surface area contributed by atoms with Crippen LogP contribution in [0.5, 0.6) is 0 Å². The van der Waals surface area contributed by atoms with Crippen LogP contribution in [-0.4, -0.2) is 17.1 Å². The largest absolute Gasteiger partial charge is 0.369 e. The van der Waals surface area contributed by atoms with E-state index in [4.69, 9.17) is 15.5 Å². The fourth-order valence-electron chi connectivity index (χ4n) is 2.91. The molecule has 0 spiro atoms. The highest BCUT2D eigenvalue weighted by molar-refractivity contribution is 5.27. The highest BCUT2D eigenvalue weighted by Gasteiger charge is 2.21. The van der Waals surface area contributed by atoms with Crippen LogP contribution >= 0.6 is 0 Å². The molecule has 21 heavy (non-hydrogen) atoms. The van der Waals surface area contributed by atoms with Gasteiger partial charge >= 0.3 is 0 Å². The van der Waals surface area contributed by atoms with E-state index >= 15 is 0 Å². The Kier molecular flexibility index (Phi) is 4.27. The van der Waals surface area contributed by atoms with Crippen LogP contribution in [0, 0.1) is 0 Å². The third-order valence-corrected chi connectivity index (χ3v) is 4.07. The molecule has 0 aliphatic heterocycles. The van der Waals surface area contributed by atoms with Crippen molar-refractivity contribution in [2.24, 2.45) is 5.73 Å². The van der Waals surface area contributed by atoms with Gasteiger partial charge in [-0.1, -0.05) is 36.8 Å². The van der Waals surface area contributed by atoms with Crippen molar-refractivity contribution in [1.29, 1.82) is 0 Å². The molecule has 1 aromatic heterocycles. The van der Waals surface area contributed by atoms with Gasteiger partial charge in [0.05, 0.1) is 0 Å². The summed E-state index contributed by atoms with van der Waals surface area (Å²) in [6.45, 7) is 0. The number of hydrogen-bond donors (Lipinski definition) is 1. The van der Waals surface area contributed by atoms with Gasteiger partial charge in [-0.25, -0.2) is 9.97 Å². The van der Waals surface area contributed by atoms with Gasteiger partial charge < -0.3 is 10.5 Å². The van der Waals surface area contributed by atoms with Crippen molar-refractivity contribution in [1.82, 2.24) is 9.97 Å². The highest BCUT2D eigenvalue weighted by Crippen LogP contribution is 2.28. The number of aryl methyl sites for hydroxylation is 1. The van der Waals surface area contributed by atoms with Gasteiger partial charge in [0.1, 0.15) is 6.10 Å². The smallest absolute Gasteiger partial charge is 0.162 e. The summed E-state index contributed by atoms with van der Waals surface area (Å²) in [7, 11) is 1.69. The van der Waals surface area contributed by atoms with E-state index in [1.54, 1.807) is 7.11 Å². The second kappa shape index (κ2) is 6.33. The fourth-order valence-corrected chi connectivity index (χ4v) is 2.91. The first-order valence-corrected chi connectivity index (χ1v) is 7.48. The summed E-state index contributed by atoms with van der Waals surface area (Å²) in [5.74, 6) is 0.719. The average molecular weight is 283 g/mol. The van der Waals surface area contributed by atoms with Crippen molar-refractivity contribution in [3.05, 3.63) is 59.2 Å². The topological polar surface area (TPSA) is 61.0 Å². The van der Waals surface area contributed by atoms with E-state index in [-0.39, 0.29) is 12.1 Å². The molecule has 0 bridgehead atoms. The molecule has 1 aliphatic carbocycles.